The van der Waals surface area contributed by atoms with Gasteiger partial charge >= 0.3 is 6.09 Å². The average Bonchev–Trinajstić information content (AvgIpc) is 2.37. The number of hydrogen-bond acceptors (Lipinski definition) is 5. The number of nitrogens with one attached hydrogen (secondary N) is 1. The predicted molar refractivity (Wildman–Crippen MR) is 79.3 cm³/mol. The topological polar surface area (TPSA) is 87.7 Å². The molecule has 1 rings (SSSR count). The fraction of sp³-hybridized carbons (Fsp3) is 0.467. The Bertz CT molecular complexity index is 510. The zero-order valence-electron chi connectivity index (χ0n) is 12.7. The van der Waals surface area contributed by atoms with Gasteiger partial charge in [0.2, 0.25) is 0 Å². The highest BCUT2D eigenvalue weighted by molar-refractivity contribution is 6.30. The summed E-state index contributed by atoms with van der Waals surface area (Å²) < 4.78 is 10.3. The molecule has 1 atom stereocenters. The Morgan fingerprint density at radius 3 is 2.36 bits per heavy atom. The third-order valence-corrected chi connectivity index (χ3v) is 2.69. The van der Waals surface area contributed by atoms with E-state index in [1.807, 2.05) is 0 Å². The summed E-state index contributed by atoms with van der Waals surface area (Å²) in [7, 11) is 0. The number of alkyl carbamates (subject to hydrolysis) is 1. The van der Waals surface area contributed by atoms with Crippen molar-refractivity contribution < 1.29 is 24.2 Å². The molecule has 0 unspecified atom stereocenters. The molecule has 0 radical (unpaired) electrons. The van der Waals surface area contributed by atoms with Crippen molar-refractivity contribution in [3.63, 3.8) is 0 Å². The molecule has 0 fully saturated rings. The standard InChI is InChI=1S/C15H20ClNO5/c1-15(2,3)22-14(20)17-12(13(18)19)9-21-8-10-4-6-11(16)7-5-10/h4-7,12H,8-9H2,1-3H3,(H,17,20)(H,18,19)/p-1/t12-/m0/s1. The van der Waals surface area contributed by atoms with Crippen molar-refractivity contribution in [3.05, 3.63) is 34.9 Å². The van der Waals surface area contributed by atoms with Crippen LogP contribution in [0.25, 0.3) is 0 Å². The molecule has 0 aliphatic rings. The minimum Gasteiger partial charge on any atom is -0.548 e. The molecule has 0 aliphatic heterocycles. The molecular formula is C15H19ClNO5-. The van der Waals surface area contributed by atoms with E-state index in [-0.39, 0.29) is 13.2 Å². The molecule has 122 valence electrons. The van der Waals surface area contributed by atoms with Crippen LogP contribution in [0.5, 0.6) is 0 Å². The fourth-order valence-corrected chi connectivity index (χ4v) is 1.62. The van der Waals surface area contributed by atoms with Crippen molar-refractivity contribution in [1.82, 2.24) is 5.32 Å². The first kappa shape index (κ1) is 18.3. The summed E-state index contributed by atoms with van der Waals surface area (Å²) in [5, 5.41) is 13.8. The molecular weight excluding hydrogens is 310 g/mol. The van der Waals surface area contributed by atoms with Crippen LogP contribution in [0.4, 0.5) is 4.79 Å². The van der Waals surface area contributed by atoms with Crippen LogP contribution in [-0.4, -0.2) is 30.3 Å². The van der Waals surface area contributed by atoms with Gasteiger partial charge in [-0.15, -0.1) is 0 Å². The van der Waals surface area contributed by atoms with Crippen LogP contribution in [0, 0.1) is 0 Å². The van der Waals surface area contributed by atoms with Crippen molar-refractivity contribution in [2.45, 2.75) is 39.0 Å². The Balaban J connectivity index is 2.46. The summed E-state index contributed by atoms with van der Waals surface area (Å²) in [6, 6.07) is 5.64. The Labute approximate surface area is 134 Å². The lowest BCUT2D eigenvalue weighted by Crippen LogP contribution is -2.51. The monoisotopic (exact) mass is 328 g/mol. The van der Waals surface area contributed by atoms with Gasteiger partial charge in [0, 0.05) is 5.02 Å². The fourth-order valence-electron chi connectivity index (χ4n) is 1.49. The summed E-state index contributed by atoms with van der Waals surface area (Å²) in [5.74, 6) is -1.44. The second kappa shape index (κ2) is 8.00. The Hall–Kier alpha value is -1.79. The highest BCUT2D eigenvalue weighted by atomic mass is 35.5. The number of amides is 1. The number of halogens is 1. The lowest BCUT2D eigenvalue weighted by atomic mass is 10.2. The van der Waals surface area contributed by atoms with Crippen molar-refractivity contribution in [2.24, 2.45) is 0 Å². The van der Waals surface area contributed by atoms with Gasteiger partial charge in [0.05, 0.1) is 25.2 Å². The van der Waals surface area contributed by atoms with Gasteiger partial charge in [-0.1, -0.05) is 23.7 Å². The molecule has 0 bridgehead atoms. The minimum absolute atomic E-state index is 0.191. The molecule has 22 heavy (non-hydrogen) atoms. The SMILES string of the molecule is CC(C)(C)OC(=O)N[C@@H](COCc1ccc(Cl)cc1)C(=O)[O-]. The lowest BCUT2D eigenvalue weighted by Gasteiger charge is -2.24. The van der Waals surface area contributed by atoms with E-state index in [1.165, 1.54) is 0 Å². The highest BCUT2D eigenvalue weighted by Gasteiger charge is 2.20. The van der Waals surface area contributed by atoms with Crippen molar-refractivity contribution >= 4 is 23.7 Å². The predicted octanol–water partition coefficient (Wildman–Crippen LogP) is 1.50. The number of aliphatic carboxylic acids is 1. The molecule has 1 aromatic carbocycles. The van der Waals surface area contributed by atoms with E-state index >= 15 is 0 Å². The van der Waals surface area contributed by atoms with Crippen LogP contribution in [0.3, 0.4) is 0 Å². The molecule has 0 spiro atoms. The number of carbonyl (C=O) groups excluding carboxylic acids is 2. The Morgan fingerprint density at radius 2 is 1.86 bits per heavy atom. The number of carboxylic acids is 1. The van der Waals surface area contributed by atoms with Crippen LogP contribution in [0.15, 0.2) is 24.3 Å². The number of carbonyl (C=O) groups is 2. The van der Waals surface area contributed by atoms with E-state index in [1.54, 1.807) is 45.0 Å². The molecule has 1 N–H and O–H groups in total. The minimum atomic E-state index is -1.44. The molecule has 0 saturated carbocycles. The summed E-state index contributed by atoms with van der Waals surface area (Å²) in [6.45, 7) is 4.99. The van der Waals surface area contributed by atoms with Crippen LogP contribution in [-0.2, 0) is 20.9 Å². The summed E-state index contributed by atoms with van der Waals surface area (Å²) in [4.78, 5) is 22.6. The van der Waals surface area contributed by atoms with E-state index in [4.69, 9.17) is 21.1 Å². The summed E-state index contributed by atoms with van der Waals surface area (Å²) in [6.07, 6.45) is -0.836. The van der Waals surface area contributed by atoms with Gasteiger partial charge in [0.25, 0.3) is 0 Å². The molecule has 0 aliphatic carbocycles. The molecule has 0 saturated heterocycles. The lowest BCUT2D eigenvalue weighted by molar-refractivity contribution is -0.309. The normalized spacial score (nSPS) is 12.5. The zero-order valence-corrected chi connectivity index (χ0v) is 13.5. The first-order chi connectivity index (χ1) is 10.2. The number of rotatable bonds is 6. The summed E-state index contributed by atoms with van der Waals surface area (Å²) >= 11 is 5.76. The quantitative estimate of drug-likeness (QED) is 0.855. The van der Waals surface area contributed by atoms with Crippen LogP contribution < -0.4 is 10.4 Å². The van der Waals surface area contributed by atoms with E-state index in [0.717, 1.165) is 5.56 Å². The molecule has 6 nitrogen and oxygen atoms in total. The van der Waals surface area contributed by atoms with Crippen molar-refractivity contribution in [3.8, 4) is 0 Å². The second-order valence-corrected chi connectivity index (χ2v) is 6.10. The number of carboxylic acid groups (broad SMARTS) is 1. The van der Waals surface area contributed by atoms with Crippen LogP contribution in [0.1, 0.15) is 26.3 Å². The number of benzene rings is 1. The Morgan fingerprint density at radius 1 is 1.27 bits per heavy atom. The van der Waals surface area contributed by atoms with Gasteiger partial charge in [-0.2, -0.15) is 0 Å². The number of hydrogen-bond donors (Lipinski definition) is 1. The average molecular weight is 329 g/mol. The van der Waals surface area contributed by atoms with Gasteiger partial charge in [0.15, 0.2) is 0 Å². The van der Waals surface area contributed by atoms with Crippen molar-refractivity contribution in [1.29, 1.82) is 0 Å². The maximum Gasteiger partial charge on any atom is 0.408 e. The molecule has 1 aromatic rings. The first-order valence-corrected chi connectivity index (χ1v) is 7.08. The van der Waals surface area contributed by atoms with Gasteiger partial charge in [-0.05, 0) is 38.5 Å². The highest BCUT2D eigenvalue weighted by Crippen LogP contribution is 2.10. The Kier molecular flexibility index (Phi) is 6.64. The first-order valence-electron chi connectivity index (χ1n) is 6.70. The zero-order chi connectivity index (χ0) is 16.8. The third kappa shape index (κ3) is 7.28. The second-order valence-electron chi connectivity index (χ2n) is 5.66. The molecule has 7 heteroatoms. The third-order valence-electron chi connectivity index (χ3n) is 2.44. The van der Waals surface area contributed by atoms with E-state index in [9.17, 15) is 14.7 Å². The van der Waals surface area contributed by atoms with Gasteiger partial charge in [0.1, 0.15) is 5.60 Å². The maximum absolute atomic E-state index is 11.5. The molecule has 1 amide bonds. The molecule has 0 aromatic heterocycles. The van der Waals surface area contributed by atoms with E-state index in [0.29, 0.717) is 5.02 Å². The van der Waals surface area contributed by atoms with Crippen molar-refractivity contribution in [2.75, 3.05) is 6.61 Å². The smallest absolute Gasteiger partial charge is 0.408 e. The van der Waals surface area contributed by atoms with Crippen LogP contribution in [0.2, 0.25) is 5.02 Å². The largest absolute Gasteiger partial charge is 0.548 e. The van der Waals surface area contributed by atoms with Gasteiger partial charge in [-0.3, -0.25) is 0 Å². The van der Waals surface area contributed by atoms with Crippen LogP contribution >= 0.6 is 11.6 Å². The summed E-state index contributed by atoms with van der Waals surface area (Å²) in [5.41, 5.74) is 0.115. The van der Waals surface area contributed by atoms with E-state index < -0.39 is 23.7 Å². The number of ether oxygens (including phenoxy) is 2. The van der Waals surface area contributed by atoms with Gasteiger partial charge in [-0.25, -0.2) is 4.79 Å². The maximum atomic E-state index is 11.5. The molecule has 0 heterocycles. The van der Waals surface area contributed by atoms with Gasteiger partial charge < -0.3 is 24.7 Å². The van der Waals surface area contributed by atoms with E-state index in [2.05, 4.69) is 5.32 Å².